The average molecular weight is 377 g/mol. The minimum absolute atomic E-state index is 0.0727. The number of carbonyl (C=O) groups excluding carboxylic acids is 1. The molecule has 0 aliphatic carbocycles. The lowest BCUT2D eigenvalue weighted by Gasteiger charge is -2.07. The molecule has 2 aromatic rings. The van der Waals surface area contributed by atoms with Crippen LogP contribution in [0.3, 0.4) is 0 Å². The molecule has 2 aromatic carbocycles. The highest BCUT2D eigenvalue weighted by molar-refractivity contribution is 9.10. The van der Waals surface area contributed by atoms with E-state index >= 15 is 0 Å². The van der Waals surface area contributed by atoms with Gasteiger partial charge in [0.05, 0.1) is 11.4 Å². The Hall–Kier alpha value is -1.10. The minimum atomic E-state index is -0.499. The quantitative estimate of drug-likeness (QED) is 0.795. The fraction of sp³-hybridized carbons (Fsp3) is 0.0714. The Balaban J connectivity index is 2.07. The normalized spacial score (nSPS) is 10.4. The first-order chi connectivity index (χ1) is 9.45. The maximum absolute atomic E-state index is 13.6. The second-order valence-corrected chi connectivity index (χ2v) is 5.79. The molecule has 1 N–H and O–H groups in total. The summed E-state index contributed by atoms with van der Waals surface area (Å²) in [4.78, 5) is 11.8. The van der Waals surface area contributed by atoms with Crippen molar-refractivity contribution in [3.63, 3.8) is 0 Å². The standard InChI is InChI=1S/C14H9BrCl2FNO/c15-11-4-3-10(7-12(11)17)19-14(20)5-8-1-2-9(16)6-13(8)18/h1-4,6-7H,5H2,(H,19,20). The molecule has 0 spiro atoms. The molecule has 104 valence electrons. The summed E-state index contributed by atoms with van der Waals surface area (Å²) in [5.41, 5.74) is 0.840. The van der Waals surface area contributed by atoms with Crippen LogP contribution in [0.15, 0.2) is 40.9 Å². The maximum atomic E-state index is 13.6. The number of benzene rings is 2. The SMILES string of the molecule is O=C(Cc1ccc(Cl)cc1F)Nc1ccc(Br)c(Cl)c1. The highest BCUT2D eigenvalue weighted by Crippen LogP contribution is 2.25. The largest absolute Gasteiger partial charge is 0.326 e. The molecule has 0 saturated heterocycles. The van der Waals surface area contributed by atoms with E-state index in [1.165, 1.54) is 12.1 Å². The van der Waals surface area contributed by atoms with E-state index in [2.05, 4.69) is 21.2 Å². The number of anilines is 1. The van der Waals surface area contributed by atoms with E-state index in [1.807, 2.05) is 0 Å². The van der Waals surface area contributed by atoms with Crippen molar-refractivity contribution in [1.82, 2.24) is 0 Å². The maximum Gasteiger partial charge on any atom is 0.228 e. The van der Waals surface area contributed by atoms with Gasteiger partial charge in [-0.1, -0.05) is 29.3 Å². The molecule has 20 heavy (non-hydrogen) atoms. The number of halogens is 4. The number of hydrogen-bond acceptors (Lipinski definition) is 1. The van der Waals surface area contributed by atoms with Gasteiger partial charge in [0, 0.05) is 15.2 Å². The molecule has 0 radical (unpaired) electrons. The van der Waals surface area contributed by atoms with Crippen molar-refractivity contribution < 1.29 is 9.18 Å². The molecular weight excluding hydrogens is 368 g/mol. The molecule has 0 atom stereocenters. The van der Waals surface area contributed by atoms with E-state index in [-0.39, 0.29) is 17.9 Å². The van der Waals surface area contributed by atoms with E-state index < -0.39 is 5.82 Å². The van der Waals surface area contributed by atoms with Gasteiger partial charge in [-0.3, -0.25) is 4.79 Å². The second-order valence-electron chi connectivity index (χ2n) is 4.09. The van der Waals surface area contributed by atoms with Crippen LogP contribution in [0.1, 0.15) is 5.56 Å². The van der Waals surface area contributed by atoms with Crippen molar-refractivity contribution in [2.45, 2.75) is 6.42 Å². The monoisotopic (exact) mass is 375 g/mol. The predicted molar refractivity (Wildman–Crippen MR) is 82.9 cm³/mol. The minimum Gasteiger partial charge on any atom is -0.326 e. The van der Waals surface area contributed by atoms with Crippen LogP contribution in [0.5, 0.6) is 0 Å². The summed E-state index contributed by atoms with van der Waals surface area (Å²) < 4.78 is 14.3. The van der Waals surface area contributed by atoms with Gasteiger partial charge in [-0.2, -0.15) is 0 Å². The average Bonchev–Trinajstić information content (AvgIpc) is 2.37. The van der Waals surface area contributed by atoms with Gasteiger partial charge < -0.3 is 5.32 Å². The van der Waals surface area contributed by atoms with Gasteiger partial charge in [0.1, 0.15) is 5.82 Å². The molecule has 1 amide bonds. The number of rotatable bonds is 3. The molecule has 2 rings (SSSR count). The molecule has 0 bridgehead atoms. The predicted octanol–water partition coefficient (Wildman–Crippen LogP) is 5.08. The first-order valence-corrected chi connectivity index (χ1v) is 7.19. The topological polar surface area (TPSA) is 29.1 Å². The van der Waals surface area contributed by atoms with E-state index in [9.17, 15) is 9.18 Å². The molecule has 0 aliphatic rings. The van der Waals surface area contributed by atoms with Crippen molar-refractivity contribution in [2.24, 2.45) is 0 Å². The lowest BCUT2D eigenvalue weighted by Crippen LogP contribution is -2.15. The van der Waals surface area contributed by atoms with Crippen LogP contribution in [0.25, 0.3) is 0 Å². The summed E-state index contributed by atoms with van der Waals surface area (Å²) in [5, 5.41) is 3.44. The molecule has 0 fully saturated rings. The summed E-state index contributed by atoms with van der Waals surface area (Å²) >= 11 is 14.8. The molecule has 6 heteroatoms. The van der Waals surface area contributed by atoms with Crippen LogP contribution in [0.4, 0.5) is 10.1 Å². The first kappa shape index (κ1) is 15.3. The molecule has 0 aliphatic heterocycles. The zero-order valence-corrected chi connectivity index (χ0v) is 13.2. The smallest absolute Gasteiger partial charge is 0.228 e. The van der Waals surface area contributed by atoms with Gasteiger partial charge in [0.25, 0.3) is 0 Å². The lowest BCUT2D eigenvalue weighted by molar-refractivity contribution is -0.115. The Kier molecular flexibility index (Phi) is 5.02. The van der Waals surface area contributed by atoms with Gasteiger partial charge in [-0.15, -0.1) is 0 Å². The van der Waals surface area contributed by atoms with Crippen LogP contribution in [-0.2, 0) is 11.2 Å². The number of hydrogen-bond donors (Lipinski definition) is 1. The van der Waals surface area contributed by atoms with E-state index in [4.69, 9.17) is 23.2 Å². The Morgan fingerprint density at radius 1 is 1.20 bits per heavy atom. The van der Waals surface area contributed by atoms with Crippen molar-refractivity contribution in [3.05, 3.63) is 62.3 Å². The molecule has 0 saturated carbocycles. The molecule has 0 unspecified atom stereocenters. The van der Waals surface area contributed by atoms with E-state index in [1.54, 1.807) is 24.3 Å². The number of carbonyl (C=O) groups is 1. The van der Waals surface area contributed by atoms with Crippen molar-refractivity contribution >= 4 is 50.7 Å². The zero-order valence-electron chi connectivity index (χ0n) is 10.1. The van der Waals surface area contributed by atoms with Crippen LogP contribution >= 0.6 is 39.1 Å². The van der Waals surface area contributed by atoms with Crippen LogP contribution < -0.4 is 5.32 Å². The Morgan fingerprint density at radius 3 is 2.60 bits per heavy atom. The molecule has 2 nitrogen and oxygen atoms in total. The third-order valence-electron chi connectivity index (χ3n) is 2.57. The van der Waals surface area contributed by atoms with Crippen LogP contribution in [-0.4, -0.2) is 5.91 Å². The fourth-order valence-corrected chi connectivity index (χ4v) is 2.20. The van der Waals surface area contributed by atoms with Gasteiger partial charge in [-0.25, -0.2) is 4.39 Å². The fourth-order valence-electron chi connectivity index (χ4n) is 1.62. The Morgan fingerprint density at radius 2 is 1.95 bits per heavy atom. The second kappa shape index (κ2) is 6.57. The molecule has 0 aromatic heterocycles. The lowest BCUT2D eigenvalue weighted by atomic mass is 10.1. The molecule has 0 heterocycles. The third-order valence-corrected chi connectivity index (χ3v) is 4.04. The van der Waals surface area contributed by atoms with Crippen molar-refractivity contribution in [1.29, 1.82) is 0 Å². The Bertz CT molecular complexity index is 664. The van der Waals surface area contributed by atoms with Gasteiger partial charge in [0.2, 0.25) is 5.91 Å². The van der Waals surface area contributed by atoms with Crippen molar-refractivity contribution in [3.8, 4) is 0 Å². The van der Waals surface area contributed by atoms with Gasteiger partial charge in [-0.05, 0) is 51.8 Å². The van der Waals surface area contributed by atoms with Crippen LogP contribution in [0, 0.1) is 5.82 Å². The van der Waals surface area contributed by atoms with Gasteiger partial charge in [0.15, 0.2) is 0 Å². The number of amides is 1. The summed E-state index contributed by atoms with van der Waals surface area (Å²) in [5.74, 6) is -0.828. The highest BCUT2D eigenvalue weighted by atomic mass is 79.9. The number of nitrogens with one attached hydrogen (secondary N) is 1. The van der Waals surface area contributed by atoms with Crippen LogP contribution in [0.2, 0.25) is 10.0 Å². The Labute approximate surface area is 134 Å². The van der Waals surface area contributed by atoms with E-state index in [0.29, 0.717) is 15.7 Å². The van der Waals surface area contributed by atoms with E-state index in [0.717, 1.165) is 4.47 Å². The van der Waals surface area contributed by atoms with Gasteiger partial charge >= 0.3 is 0 Å². The zero-order chi connectivity index (χ0) is 14.7. The van der Waals surface area contributed by atoms with Crippen molar-refractivity contribution in [2.75, 3.05) is 5.32 Å². The first-order valence-electron chi connectivity index (χ1n) is 5.64. The summed E-state index contributed by atoms with van der Waals surface area (Å²) in [6.07, 6.45) is -0.0727. The summed E-state index contributed by atoms with van der Waals surface area (Å²) in [7, 11) is 0. The summed E-state index contributed by atoms with van der Waals surface area (Å²) in [6, 6.07) is 9.25. The molecular formula is C14H9BrCl2FNO. The third kappa shape index (κ3) is 3.95. The highest BCUT2D eigenvalue weighted by Gasteiger charge is 2.09. The summed E-state index contributed by atoms with van der Waals surface area (Å²) in [6.45, 7) is 0.